The second-order valence-corrected chi connectivity index (χ2v) is 3.44. The highest BCUT2D eigenvalue weighted by Crippen LogP contribution is 2.24. The number of benzene rings is 1. The van der Waals surface area contributed by atoms with Gasteiger partial charge in [0.2, 0.25) is 0 Å². The third-order valence-corrected chi connectivity index (χ3v) is 2.40. The van der Waals surface area contributed by atoms with Crippen molar-refractivity contribution in [3.05, 3.63) is 35.9 Å². The van der Waals surface area contributed by atoms with E-state index >= 15 is 0 Å². The van der Waals surface area contributed by atoms with Crippen LogP contribution in [0.1, 0.15) is 16.2 Å². The Morgan fingerprint density at radius 2 is 2.24 bits per heavy atom. The van der Waals surface area contributed by atoms with Gasteiger partial charge in [-0.05, 0) is 25.1 Å². The zero-order valence-electron chi connectivity index (χ0n) is 9.41. The summed E-state index contributed by atoms with van der Waals surface area (Å²) in [5.74, 6) is 0.239. The first-order valence-electron chi connectivity index (χ1n) is 4.92. The maximum absolute atomic E-state index is 10.9. The molecule has 1 N–H and O–H groups in total. The van der Waals surface area contributed by atoms with Crippen molar-refractivity contribution in [2.24, 2.45) is 0 Å². The van der Waals surface area contributed by atoms with Gasteiger partial charge in [0.05, 0.1) is 18.4 Å². The third-order valence-electron chi connectivity index (χ3n) is 2.40. The van der Waals surface area contributed by atoms with Crippen LogP contribution in [0.5, 0.6) is 5.75 Å². The van der Waals surface area contributed by atoms with Crippen LogP contribution in [0, 0.1) is 6.92 Å². The first-order chi connectivity index (χ1) is 8.13. The fourth-order valence-electron chi connectivity index (χ4n) is 1.54. The SMILES string of the molecule is COc1ccc(C(=O)O)cc1-n1cnnc1C. The predicted octanol–water partition coefficient (Wildman–Crippen LogP) is 1.28. The molecule has 0 aliphatic rings. The van der Waals surface area contributed by atoms with Crippen molar-refractivity contribution in [1.82, 2.24) is 14.8 Å². The molecule has 0 unspecified atom stereocenters. The number of hydrogen-bond acceptors (Lipinski definition) is 4. The van der Waals surface area contributed by atoms with E-state index in [1.54, 1.807) is 17.6 Å². The van der Waals surface area contributed by atoms with E-state index in [4.69, 9.17) is 9.84 Å². The highest BCUT2D eigenvalue weighted by molar-refractivity contribution is 5.88. The van der Waals surface area contributed by atoms with Crippen molar-refractivity contribution in [2.75, 3.05) is 7.11 Å². The monoisotopic (exact) mass is 233 g/mol. The van der Waals surface area contributed by atoms with Gasteiger partial charge in [-0.1, -0.05) is 0 Å². The van der Waals surface area contributed by atoms with Crippen molar-refractivity contribution in [3.63, 3.8) is 0 Å². The molecule has 2 rings (SSSR count). The summed E-state index contributed by atoms with van der Waals surface area (Å²) in [6, 6.07) is 4.63. The average Bonchev–Trinajstić information content (AvgIpc) is 2.74. The largest absolute Gasteiger partial charge is 0.495 e. The summed E-state index contributed by atoms with van der Waals surface area (Å²) < 4.78 is 6.86. The number of nitrogens with zero attached hydrogens (tertiary/aromatic N) is 3. The van der Waals surface area contributed by atoms with Gasteiger partial charge < -0.3 is 9.84 Å². The molecule has 1 heterocycles. The Labute approximate surface area is 97.5 Å². The Hall–Kier alpha value is -2.37. The van der Waals surface area contributed by atoms with Gasteiger partial charge in [-0.25, -0.2) is 4.79 Å². The van der Waals surface area contributed by atoms with Crippen LogP contribution < -0.4 is 4.74 Å². The highest BCUT2D eigenvalue weighted by atomic mass is 16.5. The second-order valence-electron chi connectivity index (χ2n) is 3.44. The van der Waals surface area contributed by atoms with Crippen molar-refractivity contribution in [3.8, 4) is 11.4 Å². The smallest absolute Gasteiger partial charge is 0.335 e. The van der Waals surface area contributed by atoms with E-state index < -0.39 is 5.97 Å². The van der Waals surface area contributed by atoms with Crippen LogP contribution in [0.25, 0.3) is 5.69 Å². The average molecular weight is 233 g/mol. The van der Waals surface area contributed by atoms with Crippen molar-refractivity contribution in [1.29, 1.82) is 0 Å². The molecule has 1 aromatic heterocycles. The quantitative estimate of drug-likeness (QED) is 0.864. The number of carboxylic acid groups (broad SMARTS) is 1. The number of aromatic nitrogens is 3. The molecule has 0 spiro atoms. The summed E-state index contributed by atoms with van der Waals surface area (Å²) in [6.45, 7) is 1.78. The standard InChI is InChI=1S/C11H11N3O3/c1-7-13-12-6-14(7)9-5-8(11(15)16)3-4-10(9)17-2/h3-6H,1-2H3,(H,15,16). The molecule has 17 heavy (non-hydrogen) atoms. The Balaban J connectivity index is 2.61. The molecule has 0 saturated heterocycles. The van der Waals surface area contributed by atoms with E-state index in [1.807, 2.05) is 0 Å². The van der Waals surface area contributed by atoms with Crippen LogP contribution in [0.15, 0.2) is 24.5 Å². The molecule has 0 bridgehead atoms. The second kappa shape index (κ2) is 4.25. The molecule has 0 fully saturated rings. The molecular formula is C11H11N3O3. The molecule has 6 heteroatoms. The zero-order chi connectivity index (χ0) is 12.4. The van der Waals surface area contributed by atoms with Crippen LogP contribution in [-0.2, 0) is 0 Å². The van der Waals surface area contributed by atoms with Gasteiger partial charge in [-0.15, -0.1) is 10.2 Å². The van der Waals surface area contributed by atoms with Gasteiger partial charge in [-0.2, -0.15) is 0 Å². The fourth-order valence-corrected chi connectivity index (χ4v) is 1.54. The maximum atomic E-state index is 10.9. The summed E-state index contributed by atoms with van der Waals surface area (Å²) in [5.41, 5.74) is 0.795. The molecule has 0 radical (unpaired) electrons. The number of ether oxygens (including phenoxy) is 1. The van der Waals surface area contributed by atoms with Crippen LogP contribution in [0.4, 0.5) is 0 Å². The number of methoxy groups -OCH3 is 1. The molecular weight excluding hydrogens is 222 g/mol. The number of aromatic carboxylic acids is 1. The Kier molecular flexibility index (Phi) is 2.78. The van der Waals surface area contributed by atoms with E-state index in [2.05, 4.69) is 10.2 Å². The lowest BCUT2D eigenvalue weighted by Gasteiger charge is -2.10. The lowest BCUT2D eigenvalue weighted by Crippen LogP contribution is -2.03. The predicted molar refractivity (Wildman–Crippen MR) is 59.6 cm³/mol. The van der Waals surface area contributed by atoms with Crippen molar-refractivity contribution in [2.45, 2.75) is 6.92 Å². The highest BCUT2D eigenvalue weighted by Gasteiger charge is 2.12. The molecule has 0 amide bonds. The summed E-state index contributed by atoms with van der Waals surface area (Å²) >= 11 is 0. The Morgan fingerprint density at radius 1 is 1.47 bits per heavy atom. The van der Waals surface area contributed by atoms with E-state index in [0.717, 1.165) is 0 Å². The summed E-state index contributed by atoms with van der Waals surface area (Å²) in [5, 5.41) is 16.6. The van der Waals surface area contributed by atoms with Crippen molar-refractivity contribution >= 4 is 5.97 Å². The van der Waals surface area contributed by atoms with Crippen LogP contribution in [0.3, 0.4) is 0 Å². The van der Waals surface area contributed by atoms with E-state index in [9.17, 15) is 4.79 Å². The van der Waals surface area contributed by atoms with Gasteiger partial charge in [0, 0.05) is 0 Å². The molecule has 0 saturated carbocycles. The first-order valence-corrected chi connectivity index (χ1v) is 4.92. The number of carboxylic acids is 1. The molecule has 1 aromatic carbocycles. The number of rotatable bonds is 3. The minimum atomic E-state index is -0.986. The Bertz CT molecular complexity index is 563. The van der Waals surface area contributed by atoms with Crippen LogP contribution in [-0.4, -0.2) is 33.0 Å². The molecule has 0 aliphatic heterocycles. The number of hydrogen-bond donors (Lipinski definition) is 1. The Morgan fingerprint density at radius 3 is 2.76 bits per heavy atom. The van der Waals surface area contributed by atoms with Gasteiger partial charge in [-0.3, -0.25) is 4.57 Å². The minimum Gasteiger partial charge on any atom is -0.495 e. The van der Waals surface area contributed by atoms with E-state index in [1.165, 1.54) is 25.6 Å². The maximum Gasteiger partial charge on any atom is 0.335 e. The van der Waals surface area contributed by atoms with Gasteiger partial charge in [0.15, 0.2) is 0 Å². The molecule has 0 atom stereocenters. The fraction of sp³-hybridized carbons (Fsp3) is 0.182. The topological polar surface area (TPSA) is 77.2 Å². The summed E-state index contributed by atoms with van der Waals surface area (Å²) in [6.07, 6.45) is 1.51. The minimum absolute atomic E-state index is 0.189. The number of carbonyl (C=O) groups is 1. The first kappa shape index (κ1) is 11.1. The van der Waals surface area contributed by atoms with Crippen molar-refractivity contribution < 1.29 is 14.6 Å². The third kappa shape index (κ3) is 1.96. The summed E-state index contributed by atoms with van der Waals surface area (Å²) in [4.78, 5) is 10.9. The molecule has 2 aromatic rings. The van der Waals surface area contributed by atoms with Gasteiger partial charge in [0.1, 0.15) is 17.9 Å². The lowest BCUT2D eigenvalue weighted by molar-refractivity contribution is 0.0697. The normalized spacial score (nSPS) is 10.2. The van der Waals surface area contributed by atoms with Gasteiger partial charge >= 0.3 is 5.97 Å². The van der Waals surface area contributed by atoms with Crippen LogP contribution >= 0.6 is 0 Å². The van der Waals surface area contributed by atoms with E-state index in [-0.39, 0.29) is 5.56 Å². The molecule has 0 aliphatic carbocycles. The zero-order valence-corrected chi connectivity index (χ0v) is 9.41. The number of aryl methyl sites for hydroxylation is 1. The molecule has 88 valence electrons. The van der Waals surface area contributed by atoms with Gasteiger partial charge in [0.25, 0.3) is 0 Å². The summed E-state index contributed by atoms with van der Waals surface area (Å²) in [7, 11) is 1.53. The van der Waals surface area contributed by atoms with E-state index in [0.29, 0.717) is 17.3 Å². The molecule has 6 nitrogen and oxygen atoms in total. The van der Waals surface area contributed by atoms with Crippen LogP contribution in [0.2, 0.25) is 0 Å². The lowest BCUT2D eigenvalue weighted by atomic mass is 10.2.